The van der Waals surface area contributed by atoms with E-state index in [1.54, 1.807) is 0 Å². The zero-order valence-electron chi connectivity index (χ0n) is 15.4. The highest BCUT2D eigenvalue weighted by atomic mass is 14.1. The van der Waals surface area contributed by atoms with Gasteiger partial charge in [-0.05, 0) is 68.8 Å². The number of rotatable bonds is 4. The summed E-state index contributed by atoms with van der Waals surface area (Å²) in [6.45, 7) is 0. The van der Waals surface area contributed by atoms with Crippen molar-refractivity contribution in [2.45, 2.75) is 19.3 Å². The Labute approximate surface area is 160 Å². The first-order valence-corrected chi connectivity index (χ1v) is 9.76. The fraction of sp³-hybridized carbons (Fsp3) is 0.111. The molecule has 0 amide bonds. The van der Waals surface area contributed by atoms with Crippen molar-refractivity contribution >= 4 is 32.3 Å². The van der Waals surface area contributed by atoms with Crippen LogP contribution in [0, 0.1) is 0 Å². The quantitative estimate of drug-likeness (QED) is 0.299. The molecule has 130 valence electrons. The number of aryl methyl sites for hydroxylation is 2. The molecule has 5 aromatic rings. The smallest absolute Gasteiger partial charge is 0.0146 e. The van der Waals surface area contributed by atoms with Crippen molar-refractivity contribution in [1.29, 1.82) is 0 Å². The summed E-state index contributed by atoms with van der Waals surface area (Å²) in [7, 11) is 0. The first-order valence-electron chi connectivity index (χ1n) is 9.76. The average molecular weight is 346 g/mol. The van der Waals surface area contributed by atoms with E-state index in [1.165, 1.54) is 43.4 Å². The van der Waals surface area contributed by atoms with E-state index in [9.17, 15) is 0 Å². The molecule has 0 nitrogen and oxygen atoms in total. The van der Waals surface area contributed by atoms with Crippen LogP contribution in [0.15, 0.2) is 97.1 Å². The lowest BCUT2D eigenvalue weighted by molar-refractivity contribution is 0.834. The topological polar surface area (TPSA) is 0 Å². The molecule has 27 heavy (non-hydrogen) atoms. The van der Waals surface area contributed by atoms with Gasteiger partial charge in [-0.2, -0.15) is 0 Å². The van der Waals surface area contributed by atoms with Crippen LogP contribution in [0.2, 0.25) is 0 Å². The van der Waals surface area contributed by atoms with Gasteiger partial charge in [0.25, 0.3) is 0 Å². The average Bonchev–Trinajstić information content (AvgIpc) is 2.73. The van der Waals surface area contributed by atoms with E-state index in [0.29, 0.717) is 0 Å². The van der Waals surface area contributed by atoms with Gasteiger partial charge < -0.3 is 0 Å². The Morgan fingerprint density at radius 3 is 1.70 bits per heavy atom. The van der Waals surface area contributed by atoms with Crippen molar-refractivity contribution in [3.05, 3.63) is 108 Å². The van der Waals surface area contributed by atoms with Gasteiger partial charge in [0, 0.05) is 0 Å². The minimum atomic E-state index is 1.10. The van der Waals surface area contributed by atoms with Crippen LogP contribution in [0.5, 0.6) is 0 Å². The third-order valence-electron chi connectivity index (χ3n) is 5.64. The van der Waals surface area contributed by atoms with E-state index in [2.05, 4.69) is 97.1 Å². The molecule has 5 rings (SSSR count). The summed E-state index contributed by atoms with van der Waals surface area (Å²) in [6, 6.07) is 35.3. The number of fused-ring (bicyclic) bond motifs is 3. The first-order chi connectivity index (χ1) is 13.4. The minimum absolute atomic E-state index is 1.10. The molecule has 0 saturated carbocycles. The van der Waals surface area contributed by atoms with Crippen LogP contribution in [0.1, 0.15) is 17.5 Å². The van der Waals surface area contributed by atoms with Gasteiger partial charge in [-0.3, -0.25) is 0 Å². The van der Waals surface area contributed by atoms with Crippen molar-refractivity contribution in [3.8, 4) is 0 Å². The van der Waals surface area contributed by atoms with Crippen LogP contribution in [-0.4, -0.2) is 0 Å². The Morgan fingerprint density at radius 1 is 0.444 bits per heavy atom. The van der Waals surface area contributed by atoms with E-state index in [1.807, 2.05) is 0 Å². The Kier molecular flexibility index (Phi) is 4.10. The largest absolute Gasteiger partial charge is 0.0616 e. The van der Waals surface area contributed by atoms with Crippen LogP contribution in [0.25, 0.3) is 32.3 Å². The molecule has 0 aliphatic rings. The molecule has 0 fully saturated rings. The standard InChI is InChI=1S/C27H22/c1-4-15-24-20(9-1)12-7-13-21(24)14-8-18-27-25-16-5-2-10-22(25)19-23-11-3-6-17-26(23)27/h1-7,9-13,15-17,19H,8,14,18H2. The van der Waals surface area contributed by atoms with Gasteiger partial charge in [-0.1, -0.05) is 91.0 Å². The molecule has 0 unspecified atom stereocenters. The fourth-order valence-corrected chi connectivity index (χ4v) is 4.34. The summed E-state index contributed by atoms with van der Waals surface area (Å²) in [5.74, 6) is 0. The molecule has 0 radical (unpaired) electrons. The normalized spacial score (nSPS) is 11.4. The van der Waals surface area contributed by atoms with Crippen LogP contribution in [0.3, 0.4) is 0 Å². The summed E-state index contributed by atoms with van der Waals surface area (Å²) >= 11 is 0. The molecule has 0 aromatic heterocycles. The molecule has 0 saturated heterocycles. The summed E-state index contributed by atoms with van der Waals surface area (Å²) in [4.78, 5) is 0. The zero-order valence-corrected chi connectivity index (χ0v) is 15.4. The van der Waals surface area contributed by atoms with Crippen molar-refractivity contribution in [1.82, 2.24) is 0 Å². The molecule has 5 aromatic carbocycles. The fourth-order valence-electron chi connectivity index (χ4n) is 4.34. The minimum Gasteiger partial charge on any atom is -0.0616 e. The maximum atomic E-state index is 2.32. The second-order valence-electron chi connectivity index (χ2n) is 7.29. The second kappa shape index (κ2) is 6.89. The molecule has 0 heterocycles. The monoisotopic (exact) mass is 346 g/mol. The van der Waals surface area contributed by atoms with Crippen molar-refractivity contribution in [2.75, 3.05) is 0 Å². The molecular formula is C27H22. The van der Waals surface area contributed by atoms with E-state index in [4.69, 9.17) is 0 Å². The molecular weight excluding hydrogens is 324 g/mol. The molecule has 0 aliphatic heterocycles. The lowest BCUT2D eigenvalue weighted by atomic mass is 9.92. The van der Waals surface area contributed by atoms with Gasteiger partial charge in [0.1, 0.15) is 0 Å². The number of benzene rings is 5. The molecule has 0 aliphatic carbocycles. The highest BCUT2D eigenvalue weighted by Gasteiger charge is 2.08. The third kappa shape index (κ3) is 2.98. The molecule has 0 bridgehead atoms. The van der Waals surface area contributed by atoms with Gasteiger partial charge in [0.15, 0.2) is 0 Å². The highest BCUT2D eigenvalue weighted by molar-refractivity contribution is 6.02. The summed E-state index contributed by atoms with van der Waals surface area (Å²) < 4.78 is 0. The second-order valence-corrected chi connectivity index (χ2v) is 7.29. The van der Waals surface area contributed by atoms with Crippen molar-refractivity contribution in [3.63, 3.8) is 0 Å². The molecule has 0 atom stereocenters. The van der Waals surface area contributed by atoms with E-state index >= 15 is 0 Å². The van der Waals surface area contributed by atoms with Gasteiger partial charge in [-0.15, -0.1) is 0 Å². The maximum Gasteiger partial charge on any atom is -0.0146 e. The predicted molar refractivity (Wildman–Crippen MR) is 117 cm³/mol. The molecule has 0 N–H and O–H groups in total. The van der Waals surface area contributed by atoms with E-state index in [0.717, 1.165) is 19.3 Å². The van der Waals surface area contributed by atoms with Crippen LogP contribution < -0.4 is 0 Å². The third-order valence-corrected chi connectivity index (χ3v) is 5.64. The first kappa shape index (κ1) is 16.1. The Balaban J connectivity index is 1.50. The maximum absolute atomic E-state index is 2.32. The number of hydrogen-bond acceptors (Lipinski definition) is 0. The lowest BCUT2D eigenvalue weighted by Gasteiger charge is -2.12. The van der Waals surface area contributed by atoms with E-state index < -0.39 is 0 Å². The van der Waals surface area contributed by atoms with Gasteiger partial charge in [0.05, 0.1) is 0 Å². The van der Waals surface area contributed by atoms with Crippen LogP contribution in [-0.2, 0) is 12.8 Å². The lowest BCUT2D eigenvalue weighted by Crippen LogP contribution is -1.94. The summed E-state index contributed by atoms with van der Waals surface area (Å²) in [5, 5.41) is 8.21. The van der Waals surface area contributed by atoms with Crippen LogP contribution >= 0.6 is 0 Å². The molecule has 0 heteroatoms. The zero-order chi connectivity index (χ0) is 18.1. The highest BCUT2D eigenvalue weighted by Crippen LogP contribution is 2.30. The van der Waals surface area contributed by atoms with Crippen molar-refractivity contribution < 1.29 is 0 Å². The Bertz CT molecular complexity index is 1190. The SMILES string of the molecule is c1ccc2c(CCCc3c4ccccc4cc4ccccc34)cccc2c1. The Morgan fingerprint density at radius 2 is 1.00 bits per heavy atom. The van der Waals surface area contributed by atoms with E-state index in [-0.39, 0.29) is 0 Å². The predicted octanol–water partition coefficient (Wildman–Crippen LogP) is 7.32. The molecule has 0 spiro atoms. The van der Waals surface area contributed by atoms with Crippen molar-refractivity contribution in [2.24, 2.45) is 0 Å². The number of hydrogen-bond donors (Lipinski definition) is 0. The summed E-state index contributed by atoms with van der Waals surface area (Å²) in [5.41, 5.74) is 2.95. The Hall–Kier alpha value is -3.12. The van der Waals surface area contributed by atoms with Gasteiger partial charge in [-0.25, -0.2) is 0 Å². The van der Waals surface area contributed by atoms with Gasteiger partial charge in [0.2, 0.25) is 0 Å². The van der Waals surface area contributed by atoms with Crippen LogP contribution in [0.4, 0.5) is 0 Å². The van der Waals surface area contributed by atoms with Gasteiger partial charge >= 0.3 is 0 Å². The summed E-state index contributed by atoms with van der Waals surface area (Å²) in [6.07, 6.45) is 3.37.